The van der Waals surface area contributed by atoms with Crippen LogP contribution in [0.25, 0.3) is 0 Å². The second kappa shape index (κ2) is 5.40. The first kappa shape index (κ1) is 10.7. The number of rotatable bonds is 5. The van der Waals surface area contributed by atoms with E-state index in [4.69, 9.17) is 0 Å². The van der Waals surface area contributed by atoms with Crippen molar-refractivity contribution in [2.24, 2.45) is 5.92 Å². The average molecular weight is 197 g/mol. The first-order valence-electron chi connectivity index (χ1n) is 4.96. The summed E-state index contributed by atoms with van der Waals surface area (Å²) in [5.74, 6) is 0.725. The van der Waals surface area contributed by atoms with Crippen LogP contribution >= 0.6 is 11.3 Å². The first-order valence-corrected chi connectivity index (χ1v) is 5.84. The van der Waals surface area contributed by atoms with Gasteiger partial charge >= 0.3 is 0 Å². The van der Waals surface area contributed by atoms with Gasteiger partial charge in [-0.25, -0.2) is 0 Å². The van der Waals surface area contributed by atoms with Crippen molar-refractivity contribution in [3.05, 3.63) is 22.4 Å². The van der Waals surface area contributed by atoms with Crippen molar-refractivity contribution in [1.82, 2.24) is 5.32 Å². The van der Waals surface area contributed by atoms with Crippen molar-refractivity contribution in [3.8, 4) is 0 Å². The molecule has 1 aromatic heterocycles. The van der Waals surface area contributed by atoms with Crippen molar-refractivity contribution in [2.45, 2.75) is 33.2 Å². The highest BCUT2D eigenvalue weighted by atomic mass is 32.1. The van der Waals surface area contributed by atoms with E-state index in [0.29, 0.717) is 6.04 Å². The van der Waals surface area contributed by atoms with Crippen molar-refractivity contribution in [3.63, 3.8) is 0 Å². The predicted octanol–water partition coefficient (Wildman–Crippen LogP) is 2.92. The minimum atomic E-state index is 0.625. The highest BCUT2D eigenvalue weighted by molar-refractivity contribution is 7.09. The molecule has 74 valence electrons. The zero-order valence-electron chi connectivity index (χ0n) is 8.71. The zero-order valence-corrected chi connectivity index (χ0v) is 9.53. The summed E-state index contributed by atoms with van der Waals surface area (Å²) in [7, 11) is 0. The zero-order chi connectivity index (χ0) is 9.68. The third-order valence-electron chi connectivity index (χ3n) is 2.42. The third-order valence-corrected chi connectivity index (χ3v) is 3.35. The Labute approximate surface area is 85.2 Å². The fraction of sp³-hybridized carbons (Fsp3) is 0.636. The molecule has 0 aliphatic carbocycles. The molecule has 2 heteroatoms. The molecule has 0 bridgehead atoms. The Bertz CT molecular complexity index is 216. The van der Waals surface area contributed by atoms with E-state index < -0.39 is 0 Å². The van der Waals surface area contributed by atoms with Crippen LogP contribution < -0.4 is 5.32 Å². The molecule has 0 fully saturated rings. The molecule has 0 saturated heterocycles. The quantitative estimate of drug-likeness (QED) is 0.765. The first-order chi connectivity index (χ1) is 6.20. The van der Waals surface area contributed by atoms with E-state index in [1.54, 1.807) is 0 Å². The van der Waals surface area contributed by atoms with Gasteiger partial charge in [-0.1, -0.05) is 19.9 Å². The summed E-state index contributed by atoms with van der Waals surface area (Å²) in [6.07, 6.45) is 1.16. The highest BCUT2D eigenvalue weighted by Crippen LogP contribution is 2.08. The molecule has 1 aromatic rings. The van der Waals surface area contributed by atoms with Crippen molar-refractivity contribution >= 4 is 11.3 Å². The molecular formula is C11H19NS. The predicted molar refractivity (Wildman–Crippen MR) is 60.3 cm³/mol. The summed E-state index contributed by atoms with van der Waals surface area (Å²) in [6, 6.07) is 4.94. The van der Waals surface area contributed by atoms with Gasteiger partial charge < -0.3 is 5.32 Å². The lowest BCUT2D eigenvalue weighted by molar-refractivity contribution is 0.430. The van der Waals surface area contributed by atoms with Gasteiger partial charge in [0.25, 0.3) is 0 Å². The van der Waals surface area contributed by atoms with Gasteiger partial charge in [-0.3, -0.25) is 0 Å². The van der Waals surface area contributed by atoms with Crippen LogP contribution in [-0.2, 0) is 6.42 Å². The van der Waals surface area contributed by atoms with Gasteiger partial charge in [0.15, 0.2) is 0 Å². The number of hydrogen-bond acceptors (Lipinski definition) is 2. The number of hydrogen-bond donors (Lipinski definition) is 1. The molecule has 0 radical (unpaired) electrons. The molecular weight excluding hydrogens is 178 g/mol. The maximum absolute atomic E-state index is 3.53. The van der Waals surface area contributed by atoms with Crippen molar-refractivity contribution in [1.29, 1.82) is 0 Å². The van der Waals surface area contributed by atoms with E-state index in [2.05, 4.69) is 43.6 Å². The molecule has 0 aliphatic heterocycles. The second-order valence-electron chi connectivity index (χ2n) is 3.82. The Morgan fingerprint density at radius 3 is 2.69 bits per heavy atom. The van der Waals surface area contributed by atoms with Crippen LogP contribution in [0.15, 0.2) is 17.5 Å². The number of nitrogens with one attached hydrogen (secondary N) is 1. The topological polar surface area (TPSA) is 12.0 Å². The minimum absolute atomic E-state index is 0.625. The van der Waals surface area contributed by atoms with Crippen LogP contribution in [0, 0.1) is 5.92 Å². The summed E-state index contributed by atoms with van der Waals surface area (Å²) in [4.78, 5) is 1.48. The maximum atomic E-state index is 3.53. The summed E-state index contributed by atoms with van der Waals surface area (Å²) < 4.78 is 0. The fourth-order valence-electron chi connectivity index (χ4n) is 1.11. The van der Waals surface area contributed by atoms with E-state index >= 15 is 0 Å². The maximum Gasteiger partial charge on any atom is 0.00618 e. The standard InChI is InChI=1S/C11H19NS/c1-9(2)10(3)12-7-6-11-5-4-8-13-11/h4-5,8-10,12H,6-7H2,1-3H3/t10-/m1/s1. The highest BCUT2D eigenvalue weighted by Gasteiger charge is 2.04. The Kier molecular flexibility index (Phi) is 4.46. The van der Waals surface area contributed by atoms with Gasteiger partial charge in [0.1, 0.15) is 0 Å². The Balaban J connectivity index is 2.14. The van der Waals surface area contributed by atoms with E-state index in [0.717, 1.165) is 18.9 Å². The van der Waals surface area contributed by atoms with E-state index in [1.807, 2.05) is 11.3 Å². The van der Waals surface area contributed by atoms with Crippen LogP contribution in [0.3, 0.4) is 0 Å². The van der Waals surface area contributed by atoms with E-state index in [9.17, 15) is 0 Å². The molecule has 0 saturated carbocycles. The molecule has 1 nitrogen and oxygen atoms in total. The average Bonchev–Trinajstić information content (AvgIpc) is 2.56. The molecule has 0 unspecified atom stereocenters. The van der Waals surface area contributed by atoms with Crippen LogP contribution in [0.5, 0.6) is 0 Å². The number of thiophene rings is 1. The van der Waals surface area contributed by atoms with Gasteiger partial charge in [-0.15, -0.1) is 11.3 Å². The van der Waals surface area contributed by atoms with Gasteiger partial charge in [-0.2, -0.15) is 0 Å². The van der Waals surface area contributed by atoms with Gasteiger partial charge in [-0.05, 0) is 30.7 Å². The summed E-state index contributed by atoms with van der Waals surface area (Å²) in [5.41, 5.74) is 0. The van der Waals surface area contributed by atoms with Crippen LogP contribution in [-0.4, -0.2) is 12.6 Å². The smallest absolute Gasteiger partial charge is 0.00618 e. The van der Waals surface area contributed by atoms with Crippen LogP contribution in [0.1, 0.15) is 25.6 Å². The molecule has 1 heterocycles. The Morgan fingerprint density at radius 2 is 2.15 bits per heavy atom. The lowest BCUT2D eigenvalue weighted by atomic mass is 10.1. The van der Waals surface area contributed by atoms with E-state index in [-0.39, 0.29) is 0 Å². The van der Waals surface area contributed by atoms with Gasteiger partial charge in [0, 0.05) is 17.5 Å². The molecule has 0 amide bonds. The molecule has 1 atom stereocenters. The lowest BCUT2D eigenvalue weighted by Crippen LogP contribution is -2.32. The molecule has 13 heavy (non-hydrogen) atoms. The fourth-order valence-corrected chi connectivity index (χ4v) is 1.82. The third kappa shape index (κ3) is 3.92. The van der Waals surface area contributed by atoms with E-state index in [1.165, 1.54) is 4.88 Å². The minimum Gasteiger partial charge on any atom is -0.314 e. The molecule has 0 aliphatic rings. The molecule has 0 aromatic carbocycles. The Hall–Kier alpha value is -0.340. The van der Waals surface area contributed by atoms with Crippen LogP contribution in [0.2, 0.25) is 0 Å². The summed E-state index contributed by atoms with van der Waals surface area (Å²) in [5, 5.41) is 5.67. The normalized spacial score (nSPS) is 13.5. The molecule has 0 spiro atoms. The van der Waals surface area contributed by atoms with Crippen molar-refractivity contribution < 1.29 is 0 Å². The monoisotopic (exact) mass is 197 g/mol. The van der Waals surface area contributed by atoms with Gasteiger partial charge in [0.2, 0.25) is 0 Å². The van der Waals surface area contributed by atoms with Crippen LogP contribution in [0.4, 0.5) is 0 Å². The van der Waals surface area contributed by atoms with Gasteiger partial charge in [0.05, 0.1) is 0 Å². The molecule has 1 rings (SSSR count). The summed E-state index contributed by atoms with van der Waals surface area (Å²) >= 11 is 1.84. The largest absolute Gasteiger partial charge is 0.314 e. The lowest BCUT2D eigenvalue weighted by Gasteiger charge is -2.16. The SMILES string of the molecule is CC(C)[C@@H](C)NCCc1cccs1. The Morgan fingerprint density at radius 1 is 1.38 bits per heavy atom. The summed E-state index contributed by atoms with van der Waals surface area (Å²) in [6.45, 7) is 7.85. The second-order valence-corrected chi connectivity index (χ2v) is 4.85. The van der Waals surface area contributed by atoms with Crippen molar-refractivity contribution in [2.75, 3.05) is 6.54 Å². The molecule has 1 N–H and O–H groups in total.